The highest BCUT2D eigenvalue weighted by molar-refractivity contribution is 7.24. The molecule has 48 heavy (non-hydrogen) atoms. The Labute approximate surface area is 283 Å². The third-order valence-corrected chi connectivity index (χ3v) is 17.2. The molecule has 2 spiro atoms. The molecular formula is C46H35NSi. The third-order valence-electron chi connectivity index (χ3n) is 12.2. The van der Waals surface area contributed by atoms with E-state index in [9.17, 15) is 0 Å². The quantitative estimate of drug-likeness (QED) is 0.164. The summed E-state index contributed by atoms with van der Waals surface area (Å²) in [6.45, 7) is 0. The van der Waals surface area contributed by atoms with Crippen LogP contribution in [-0.2, 0) is 5.41 Å². The van der Waals surface area contributed by atoms with Crippen molar-refractivity contribution < 1.29 is 0 Å². The van der Waals surface area contributed by atoms with Gasteiger partial charge in [-0.05, 0) is 108 Å². The van der Waals surface area contributed by atoms with Crippen molar-refractivity contribution in [3.63, 3.8) is 0 Å². The lowest BCUT2D eigenvalue weighted by atomic mass is 9.62. The number of para-hydroxylation sites is 1. The molecular weight excluding hydrogens is 595 g/mol. The summed E-state index contributed by atoms with van der Waals surface area (Å²) in [6.07, 6.45) is 6.32. The van der Waals surface area contributed by atoms with Gasteiger partial charge < -0.3 is 4.90 Å². The maximum absolute atomic E-state index is 2.62. The minimum Gasteiger partial charge on any atom is -0.310 e. The van der Waals surface area contributed by atoms with E-state index in [1.165, 1.54) is 114 Å². The van der Waals surface area contributed by atoms with Gasteiger partial charge in [0.25, 0.3) is 0 Å². The van der Waals surface area contributed by atoms with Gasteiger partial charge in [-0.25, -0.2) is 0 Å². The summed E-state index contributed by atoms with van der Waals surface area (Å²) in [4.78, 5) is 2.62. The van der Waals surface area contributed by atoms with Crippen LogP contribution in [0.2, 0.25) is 0 Å². The van der Waals surface area contributed by atoms with Gasteiger partial charge in [0.1, 0.15) is 0 Å². The standard InChI is InChI=1S/C46H35NSi/c1-12-26-46(27-13-1)38-19-7-8-20-40(38)47(41-29-32-15-3-2-14-31(32)28-39(41)46)33-24-25-37-36-18-6-11-23-44(36)48(45(37)30-33)42-21-9-4-16-34(42)35-17-5-10-22-43(35)48/h2-11,14-25,28-30H,1,12-13,26-27H2. The first kappa shape index (κ1) is 26.8. The number of benzene rings is 7. The Hall–Kier alpha value is -5.18. The largest absolute Gasteiger partial charge is 0.310 e. The van der Waals surface area contributed by atoms with E-state index in [4.69, 9.17) is 0 Å². The Bertz CT molecular complexity index is 2400. The van der Waals surface area contributed by atoms with Gasteiger partial charge in [0, 0.05) is 11.1 Å². The van der Waals surface area contributed by atoms with Crippen molar-refractivity contribution in [3.8, 4) is 22.3 Å². The van der Waals surface area contributed by atoms with E-state index in [1.807, 2.05) is 0 Å². The second kappa shape index (κ2) is 9.68. The molecule has 228 valence electrons. The van der Waals surface area contributed by atoms with Crippen LogP contribution in [0.3, 0.4) is 0 Å². The van der Waals surface area contributed by atoms with E-state index in [0.29, 0.717) is 0 Å². The van der Waals surface area contributed by atoms with Crippen molar-refractivity contribution >= 4 is 56.7 Å². The predicted molar refractivity (Wildman–Crippen MR) is 204 cm³/mol. The third kappa shape index (κ3) is 3.26. The first-order valence-corrected chi connectivity index (χ1v) is 19.7. The Morgan fingerprint density at radius 3 is 1.62 bits per heavy atom. The van der Waals surface area contributed by atoms with Crippen LogP contribution in [0.25, 0.3) is 33.0 Å². The molecule has 0 atom stereocenters. The summed E-state index contributed by atoms with van der Waals surface area (Å²) in [6, 6.07) is 58.6. The molecule has 2 heteroatoms. The van der Waals surface area contributed by atoms with Crippen LogP contribution in [-0.4, -0.2) is 8.07 Å². The van der Waals surface area contributed by atoms with Crippen LogP contribution in [0, 0.1) is 0 Å². The molecule has 7 aromatic rings. The zero-order chi connectivity index (χ0) is 31.5. The van der Waals surface area contributed by atoms with Crippen molar-refractivity contribution in [3.05, 3.63) is 163 Å². The van der Waals surface area contributed by atoms with Gasteiger partial charge in [0.05, 0.1) is 11.4 Å². The summed E-state index contributed by atoms with van der Waals surface area (Å²) < 4.78 is 0. The summed E-state index contributed by atoms with van der Waals surface area (Å²) in [5, 5.41) is 8.76. The molecule has 1 fully saturated rings. The lowest BCUT2D eigenvalue weighted by molar-refractivity contribution is 0.344. The van der Waals surface area contributed by atoms with E-state index < -0.39 is 8.07 Å². The molecule has 0 unspecified atom stereocenters. The Morgan fingerprint density at radius 2 is 0.958 bits per heavy atom. The van der Waals surface area contributed by atoms with Crippen molar-refractivity contribution in [1.29, 1.82) is 0 Å². The van der Waals surface area contributed by atoms with Crippen LogP contribution in [0.5, 0.6) is 0 Å². The Morgan fingerprint density at radius 1 is 0.417 bits per heavy atom. The van der Waals surface area contributed by atoms with Crippen molar-refractivity contribution in [2.24, 2.45) is 0 Å². The molecule has 4 aliphatic rings. The Balaban J connectivity index is 1.22. The van der Waals surface area contributed by atoms with Crippen LogP contribution >= 0.6 is 0 Å². The number of fused-ring (bicyclic) bond motifs is 15. The molecule has 11 rings (SSSR count). The van der Waals surface area contributed by atoms with Gasteiger partial charge in [0.2, 0.25) is 0 Å². The number of hydrogen-bond donors (Lipinski definition) is 0. The molecule has 1 nitrogen and oxygen atoms in total. The summed E-state index contributed by atoms with van der Waals surface area (Å²) >= 11 is 0. The van der Waals surface area contributed by atoms with E-state index in [1.54, 1.807) is 0 Å². The van der Waals surface area contributed by atoms with Crippen LogP contribution < -0.4 is 25.6 Å². The molecule has 3 heterocycles. The first-order valence-electron chi connectivity index (χ1n) is 17.7. The topological polar surface area (TPSA) is 3.24 Å². The van der Waals surface area contributed by atoms with E-state index in [0.717, 1.165) is 0 Å². The predicted octanol–water partition coefficient (Wildman–Crippen LogP) is 9.21. The van der Waals surface area contributed by atoms with Gasteiger partial charge in [-0.15, -0.1) is 0 Å². The summed E-state index contributed by atoms with van der Waals surface area (Å²) in [5.74, 6) is 0. The molecule has 0 saturated heterocycles. The van der Waals surface area contributed by atoms with Gasteiger partial charge in [-0.1, -0.05) is 141 Å². The molecule has 1 saturated carbocycles. The second-order valence-electron chi connectivity index (χ2n) is 14.3. The highest BCUT2D eigenvalue weighted by atomic mass is 28.3. The fourth-order valence-electron chi connectivity index (χ4n) is 10.3. The highest BCUT2D eigenvalue weighted by Crippen LogP contribution is 2.58. The van der Waals surface area contributed by atoms with Gasteiger partial charge in [-0.3, -0.25) is 0 Å². The fraction of sp³-hybridized carbons (Fsp3) is 0.130. The van der Waals surface area contributed by atoms with Crippen LogP contribution in [0.15, 0.2) is 152 Å². The van der Waals surface area contributed by atoms with E-state index >= 15 is 0 Å². The number of hydrogen-bond acceptors (Lipinski definition) is 1. The first-order chi connectivity index (χ1) is 23.8. The molecule has 0 aromatic heterocycles. The molecule has 0 radical (unpaired) electrons. The van der Waals surface area contributed by atoms with E-state index in [-0.39, 0.29) is 5.41 Å². The van der Waals surface area contributed by atoms with Gasteiger partial charge in [0.15, 0.2) is 8.07 Å². The lowest BCUT2D eigenvalue weighted by Gasteiger charge is -2.48. The fourth-order valence-corrected chi connectivity index (χ4v) is 16.0. The van der Waals surface area contributed by atoms with Gasteiger partial charge in [-0.2, -0.15) is 0 Å². The van der Waals surface area contributed by atoms with Crippen molar-refractivity contribution in [1.82, 2.24) is 0 Å². The van der Waals surface area contributed by atoms with E-state index in [2.05, 4.69) is 157 Å². The zero-order valence-corrected chi connectivity index (χ0v) is 27.9. The second-order valence-corrected chi connectivity index (χ2v) is 18.0. The smallest absolute Gasteiger partial charge is 0.182 e. The normalized spacial score (nSPS) is 17.0. The van der Waals surface area contributed by atoms with Crippen LogP contribution in [0.4, 0.5) is 17.1 Å². The molecule has 7 aromatic carbocycles. The van der Waals surface area contributed by atoms with Gasteiger partial charge >= 0.3 is 0 Å². The zero-order valence-electron chi connectivity index (χ0n) is 26.9. The number of anilines is 3. The molecule has 3 aliphatic heterocycles. The molecule has 0 bridgehead atoms. The minimum atomic E-state index is -2.54. The average molecular weight is 630 g/mol. The van der Waals surface area contributed by atoms with Crippen molar-refractivity contribution in [2.75, 3.05) is 4.90 Å². The number of nitrogens with zero attached hydrogens (tertiary/aromatic N) is 1. The lowest BCUT2D eigenvalue weighted by Crippen LogP contribution is -2.70. The molecule has 0 amide bonds. The summed E-state index contributed by atoms with van der Waals surface area (Å²) in [7, 11) is -2.54. The maximum atomic E-state index is 2.62. The minimum absolute atomic E-state index is 0.0526. The average Bonchev–Trinajstić information content (AvgIpc) is 3.62. The SMILES string of the molecule is c1ccc2c(c1)-c1ccccc1[Si]21c2ccccc2-c2ccc(N3c4ccccc4C4(CCCCC4)c4cc5ccccc5cc43)cc21. The molecule has 0 N–H and O–H groups in total. The Kier molecular flexibility index (Phi) is 5.41. The summed E-state index contributed by atoms with van der Waals surface area (Å²) in [5.41, 5.74) is 12.7. The number of rotatable bonds is 1. The monoisotopic (exact) mass is 629 g/mol. The maximum Gasteiger partial charge on any atom is 0.182 e. The molecule has 1 aliphatic carbocycles. The highest BCUT2D eigenvalue weighted by Gasteiger charge is 2.54. The van der Waals surface area contributed by atoms with Crippen LogP contribution in [0.1, 0.15) is 43.2 Å². The van der Waals surface area contributed by atoms with Crippen molar-refractivity contribution in [2.45, 2.75) is 37.5 Å².